The van der Waals surface area contributed by atoms with E-state index < -0.39 is 0 Å². The molecule has 1 aromatic rings. The molecule has 0 N–H and O–H groups in total. The standard InChI is InChI=1S/C18H29N5O2/c1-5-11-25-15-7-6-9-22(10-8-15)17(24)16-13(2)21(4)18-19-12-20-23(18)14(16)3/h12,14-15H,5-11H2,1-4H3/t14-,15-/m0/s1. The van der Waals surface area contributed by atoms with Gasteiger partial charge in [-0.3, -0.25) is 4.79 Å². The summed E-state index contributed by atoms with van der Waals surface area (Å²) in [6.45, 7) is 8.49. The molecule has 1 aromatic heterocycles. The zero-order valence-corrected chi connectivity index (χ0v) is 15.7. The van der Waals surface area contributed by atoms with Gasteiger partial charge in [-0.05, 0) is 39.5 Å². The Kier molecular flexibility index (Phi) is 5.42. The number of allylic oxidation sites excluding steroid dienone is 1. The lowest BCUT2D eigenvalue weighted by molar-refractivity contribution is -0.127. The van der Waals surface area contributed by atoms with Crippen LogP contribution in [-0.4, -0.2) is 58.4 Å². The number of carbonyl (C=O) groups excluding carboxylic acids is 1. The van der Waals surface area contributed by atoms with Crippen LogP contribution in [0.2, 0.25) is 0 Å². The highest BCUT2D eigenvalue weighted by Crippen LogP contribution is 2.33. The lowest BCUT2D eigenvalue weighted by Crippen LogP contribution is -2.40. The minimum Gasteiger partial charge on any atom is -0.378 e. The van der Waals surface area contributed by atoms with E-state index in [0.29, 0.717) is 0 Å². The fourth-order valence-corrected chi connectivity index (χ4v) is 3.74. The van der Waals surface area contributed by atoms with Gasteiger partial charge in [-0.15, -0.1) is 0 Å². The molecule has 2 atom stereocenters. The summed E-state index contributed by atoms with van der Waals surface area (Å²) in [6, 6.07) is -0.100. The first-order valence-corrected chi connectivity index (χ1v) is 9.29. The molecule has 7 nitrogen and oxygen atoms in total. The Labute approximate surface area is 149 Å². The fourth-order valence-electron chi connectivity index (χ4n) is 3.74. The highest BCUT2D eigenvalue weighted by atomic mass is 16.5. The van der Waals surface area contributed by atoms with Gasteiger partial charge in [0.25, 0.3) is 5.91 Å². The third kappa shape index (κ3) is 3.42. The normalized spacial score (nSPS) is 24.3. The van der Waals surface area contributed by atoms with Gasteiger partial charge in [0.1, 0.15) is 6.33 Å². The number of anilines is 1. The molecule has 1 amide bonds. The molecule has 2 aliphatic rings. The Bertz CT molecular complexity index is 654. The van der Waals surface area contributed by atoms with Crippen molar-refractivity contribution in [2.24, 2.45) is 0 Å². The number of aromatic nitrogens is 3. The number of hydrogen-bond donors (Lipinski definition) is 0. The Morgan fingerprint density at radius 3 is 2.92 bits per heavy atom. The van der Waals surface area contributed by atoms with E-state index >= 15 is 0 Å². The molecule has 1 fully saturated rings. The highest BCUT2D eigenvalue weighted by molar-refractivity contribution is 5.96. The monoisotopic (exact) mass is 347 g/mol. The third-order valence-corrected chi connectivity index (χ3v) is 5.28. The maximum absolute atomic E-state index is 13.3. The van der Waals surface area contributed by atoms with Gasteiger partial charge in [-0.2, -0.15) is 10.1 Å². The topological polar surface area (TPSA) is 63.5 Å². The molecule has 0 aliphatic carbocycles. The Morgan fingerprint density at radius 2 is 2.16 bits per heavy atom. The van der Waals surface area contributed by atoms with E-state index in [-0.39, 0.29) is 18.1 Å². The largest absolute Gasteiger partial charge is 0.378 e. The van der Waals surface area contributed by atoms with Gasteiger partial charge in [-0.25, -0.2) is 4.68 Å². The van der Waals surface area contributed by atoms with Crippen LogP contribution in [0, 0.1) is 0 Å². The first kappa shape index (κ1) is 17.9. The van der Waals surface area contributed by atoms with Crippen molar-refractivity contribution in [1.29, 1.82) is 0 Å². The predicted molar refractivity (Wildman–Crippen MR) is 96.3 cm³/mol. The van der Waals surface area contributed by atoms with Crippen molar-refractivity contribution in [2.75, 3.05) is 31.6 Å². The first-order chi connectivity index (χ1) is 12.0. The van der Waals surface area contributed by atoms with Crippen LogP contribution in [0.25, 0.3) is 0 Å². The number of fused-ring (bicyclic) bond motifs is 1. The number of rotatable bonds is 4. The molecule has 0 saturated carbocycles. The van der Waals surface area contributed by atoms with Crippen LogP contribution in [0.3, 0.4) is 0 Å². The fraction of sp³-hybridized carbons (Fsp3) is 0.722. The summed E-state index contributed by atoms with van der Waals surface area (Å²) in [7, 11) is 1.94. The second-order valence-electron chi connectivity index (χ2n) is 6.95. The van der Waals surface area contributed by atoms with Gasteiger partial charge in [-0.1, -0.05) is 6.92 Å². The zero-order valence-electron chi connectivity index (χ0n) is 15.7. The number of carbonyl (C=O) groups is 1. The summed E-state index contributed by atoms with van der Waals surface area (Å²) >= 11 is 0. The molecule has 0 radical (unpaired) electrons. The minimum atomic E-state index is -0.100. The van der Waals surface area contributed by atoms with Crippen LogP contribution in [-0.2, 0) is 9.53 Å². The van der Waals surface area contributed by atoms with Crippen LogP contribution < -0.4 is 4.90 Å². The molecule has 0 bridgehead atoms. The molecule has 3 heterocycles. The van der Waals surface area contributed by atoms with Gasteiger partial charge in [0.05, 0.1) is 17.7 Å². The number of nitrogens with zero attached hydrogens (tertiary/aromatic N) is 5. The molecule has 0 aromatic carbocycles. The van der Waals surface area contributed by atoms with Crippen molar-refractivity contribution >= 4 is 11.9 Å². The highest BCUT2D eigenvalue weighted by Gasteiger charge is 2.34. The average Bonchev–Trinajstić information content (AvgIpc) is 2.98. The number of likely N-dealkylation sites (tertiary alicyclic amines) is 1. The van der Waals surface area contributed by atoms with E-state index in [9.17, 15) is 4.79 Å². The van der Waals surface area contributed by atoms with Crippen LogP contribution in [0.15, 0.2) is 17.6 Å². The van der Waals surface area contributed by atoms with Gasteiger partial charge >= 0.3 is 0 Å². The van der Waals surface area contributed by atoms with Crippen LogP contribution in [0.5, 0.6) is 0 Å². The lowest BCUT2D eigenvalue weighted by atomic mass is 10.0. The Morgan fingerprint density at radius 1 is 1.36 bits per heavy atom. The molecular weight excluding hydrogens is 318 g/mol. The van der Waals surface area contributed by atoms with E-state index in [0.717, 1.165) is 62.6 Å². The molecule has 2 aliphatic heterocycles. The molecule has 7 heteroatoms. The number of hydrogen-bond acceptors (Lipinski definition) is 5. The summed E-state index contributed by atoms with van der Waals surface area (Å²) in [5, 5.41) is 4.30. The van der Waals surface area contributed by atoms with Crippen molar-refractivity contribution in [3.8, 4) is 0 Å². The SMILES string of the molecule is CCCO[C@H]1CCCN(C(=O)C2=C(C)N(C)c3ncnn3[C@H]2C)CC1. The summed E-state index contributed by atoms with van der Waals surface area (Å²) in [5.41, 5.74) is 1.77. The van der Waals surface area contributed by atoms with Crippen molar-refractivity contribution in [3.63, 3.8) is 0 Å². The Balaban J connectivity index is 1.75. The first-order valence-electron chi connectivity index (χ1n) is 9.29. The summed E-state index contributed by atoms with van der Waals surface area (Å²) in [5.74, 6) is 0.902. The second-order valence-corrected chi connectivity index (χ2v) is 6.95. The summed E-state index contributed by atoms with van der Waals surface area (Å²) in [6.07, 6.45) is 5.80. The van der Waals surface area contributed by atoms with E-state index in [2.05, 4.69) is 17.0 Å². The molecule has 0 spiro atoms. The zero-order chi connectivity index (χ0) is 18.0. The maximum atomic E-state index is 13.3. The minimum absolute atomic E-state index is 0.100. The lowest BCUT2D eigenvalue weighted by Gasteiger charge is -2.34. The van der Waals surface area contributed by atoms with Gasteiger partial charge < -0.3 is 14.5 Å². The molecule has 1 saturated heterocycles. The Hall–Kier alpha value is -1.89. The predicted octanol–water partition coefficient (Wildman–Crippen LogP) is 2.37. The molecule has 3 rings (SSSR count). The van der Waals surface area contributed by atoms with E-state index in [1.165, 1.54) is 0 Å². The van der Waals surface area contributed by atoms with Gasteiger partial charge in [0.15, 0.2) is 0 Å². The number of ether oxygens (including phenoxy) is 1. The van der Waals surface area contributed by atoms with Crippen molar-refractivity contribution in [1.82, 2.24) is 19.7 Å². The van der Waals surface area contributed by atoms with E-state index in [4.69, 9.17) is 4.74 Å². The van der Waals surface area contributed by atoms with Crippen LogP contribution in [0.1, 0.15) is 52.5 Å². The summed E-state index contributed by atoms with van der Waals surface area (Å²) in [4.78, 5) is 21.5. The number of amides is 1. The van der Waals surface area contributed by atoms with Gasteiger partial charge in [0, 0.05) is 32.4 Å². The van der Waals surface area contributed by atoms with E-state index in [1.807, 2.05) is 35.4 Å². The maximum Gasteiger partial charge on any atom is 0.253 e. The summed E-state index contributed by atoms with van der Waals surface area (Å²) < 4.78 is 7.73. The van der Waals surface area contributed by atoms with Crippen molar-refractivity contribution in [2.45, 2.75) is 58.6 Å². The van der Waals surface area contributed by atoms with Crippen LogP contribution >= 0.6 is 0 Å². The van der Waals surface area contributed by atoms with E-state index in [1.54, 1.807) is 6.33 Å². The molecule has 0 unspecified atom stereocenters. The van der Waals surface area contributed by atoms with Crippen LogP contribution in [0.4, 0.5) is 5.95 Å². The smallest absolute Gasteiger partial charge is 0.253 e. The average molecular weight is 347 g/mol. The molecular formula is C18H29N5O2. The van der Waals surface area contributed by atoms with Gasteiger partial charge in [0.2, 0.25) is 5.95 Å². The van der Waals surface area contributed by atoms with Crippen molar-refractivity contribution < 1.29 is 9.53 Å². The second kappa shape index (κ2) is 7.56. The third-order valence-electron chi connectivity index (χ3n) is 5.28. The molecule has 25 heavy (non-hydrogen) atoms. The molecule has 138 valence electrons. The van der Waals surface area contributed by atoms with Crippen molar-refractivity contribution in [3.05, 3.63) is 17.6 Å². The quantitative estimate of drug-likeness (QED) is 0.837.